The molecule has 14 heavy (non-hydrogen) atoms. The highest BCUT2D eigenvalue weighted by atomic mass is 35.5. The Bertz CT molecular complexity index is 518. The van der Waals surface area contributed by atoms with E-state index in [1.54, 1.807) is 0 Å². The molecule has 1 aromatic heterocycles. The number of rotatable bonds is 1. The van der Waals surface area contributed by atoms with Gasteiger partial charge in [-0.05, 0) is 18.2 Å². The van der Waals surface area contributed by atoms with E-state index in [2.05, 4.69) is 5.10 Å². The number of nitrogens with one attached hydrogen (secondary N) is 1. The van der Waals surface area contributed by atoms with Gasteiger partial charge in [-0.1, -0.05) is 11.6 Å². The normalized spacial score (nSPS) is 10.4. The van der Waals surface area contributed by atoms with Crippen molar-refractivity contribution in [3.05, 3.63) is 51.7 Å². The van der Waals surface area contributed by atoms with E-state index in [1.807, 2.05) is 0 Å². The van der Waals surface area contributed by atoms with E-state index in [4.69, 9.17) is 11.6 Å². The number of benzene rings is 1. The third-order valence-electron chi connectivity index (χ3n) is 1.77. The highest BCUT2D eigenvalue weighted by Crippen LogP contribution is 2.19. The second kappa shape index (κ2) is 3.31. The third kappa shape index (κ3) is 1.56. The molecule has 72 valence electrons. The minimum Gasteiger partial charge on any atom is -0.268 e. The Morgan fingerprint density at radius 3 is 2.71 bits per heavy atom. The van der Waals surface area contributed by atoms with Crippen molar-refractivity contribution in [3.8, 4) is 5.69 Å². The van der Waals surface area contributed by atoms with Gasteiger partial charge in [-0.15, -0.1) is 0 Å². The van der Waals surface area contributed by atoms with Crippen molar-refractivity contribution in [2.24, 2.45) is 0 Å². The largest absolute Gasteiger partial charge is 0.268 e. The van der Waals surface area contributed by atoms with Gasteiger partial charge in [0.2, 0.25) is 0 Å². The number of hydrogen-bond donors (Lipinski definition) is 1. The van der Waals surface area contributed by atoms with E-state index < -0.39 is 5.82 Å². The zero-order chi connectivity index (χ0) is 10.1. The molecule has 0 radical (unpaired) electrons. The molecule has 0 saturated carbocycles. The fraction of sp³-hybridized carbons (Fsp3) is 0. The molecule has 0 aliphatic rings. The minimum atomic E-state index is -0.409. The molecule has 0 aliphatic carbocycles. The summed E-state index contributed by atoms with van der Waals surface area (Å²) in [4.78, 5) is 10.8. The summed E-state index contributed by atoms with van der Waals surface area (Å²) in [5.41, 5.74) is 0.306. The van der Waals surface area contributed by atoms with Crippen LogP contribution in [0, 0.1) is 5.82 Å². The summed E-state index contributed by atoms with van der Waals surface area (Å²) in [6.07, 6.45) is 1.53. The first-order valence-corrected chi connectivity index (χ1v) is 4.28. The molecule has 2 aromatic rings. The molecule has 0 bridgehead atoms. The van der Waals surface area contributed by atoms with Gasteiger partial charge in [0.05, 0.1) is 10.7 Å². The Balaban J connectivity index is 2.57. The van der Waals surface area contributed by atoms with Crippen LogP contribution in [0.5, 0.6) is 0 Å². The molecule has 5 heteroatoms. The first-order valence-electron chi connectivity index (χ1n) is 3.90. The first-order chi connectivity index (χ1) is 6.66. The van der Waals surface area contributed by atoms with Gasteiger partial charge in [-0.25, -0.2) is 4.39 Å². The average molecular weight is 213 g/mol. The van der Waals surface area contributed by atoms with Crippen LogP contribution in [0.15, 0.2) is 35.3 Å². The molecule has 0 fully saturated rings. The molecule has 3 nitrogen and oxygen atoms in total. The van der Waals surface area contributed by atoms with Gasteiger partial charge in [0, 0.05) is 12.3 Å². The zero-order valence-corrected chi connectivity index (χ0v) is 7.75. The van der Waals surface area contributed by atoms with Crippen LogP contribution < -0.4 is 5.56 Å². The Morgan fingerprint density at radius 2 is 2.14 bits per heavy atom. The van der Waals surface area contributed by atoms with Crippen LogP contribution in [0.3, 0.4) is 0 Å². The van der Waals surface area contributed by atoms with Crippen LogP contribution in [0.2, 0.25) is 5.02 Å². The summed E-state index contributed by atoms with van der Waals surface area (Å²) in [6, 6.07) is 5.32. The Hall–Kier alpha value is -1.55. The average Bonchev–Trinajstić information content (AvgIpc) is 2.51. The number of nitrogens with zero attached hydrogens (tertiary/aromatic N) is 1. The Kier molecular flexibility index (Phi) is 2.13. The number of H-pyrrole nitrogens is 1. The quantitative estimate of drug-likeness (QED) is 0.771. The second-order valence-electron chi connectivity index (χ2n) is 2.76. The minimum absolute atomic E-state index is 0.231. The maximum atomic E-state index is 12.7. The lowest BCUT2D eigenvalue weighted by Gasteiger charge is -2.04. The molecule has 0 aliphatic heterocycles. The lowest BCUT2D eigenvalue weighted by molar-refractivity contribution is 0.627. The molecule has 2 rings (SSSR count). The lowest BCUT2D eigenvalue weighted by atomic mass is 10.3. The summed E-state index contributed by atoms with van der Waals surface area (Å²) in [7, 11) is 0. The fourth-order valence-electron chi connectivity index (χ4n) is 1.15. The summed E-state index contributed by atoms with van der Waals surface area (Å²) in [6.45, 7) is 0. The maximum absolute atomic E-state index is 12.7. The van der Waals surface area contributed by atoms with Crippen molar-refractivity contribution in [3.63, 3.8) is 0 Å². The molecule has 1 heterocycles. The van der Waals surface area contributed by atoms with Gasteiger partial charge in [-0.3, -0.25) is 14.6 Å². The summed E-state index contributed by atoms with van der Waals surface area (Å²) < 4.78 is 14.1. The van der Waals surface area contributed by atoms with E-state index in [1.165, 1.54) is 35.1 Å². The molecule has 0 amide bonds. The smallest absolute Gasteiger partial charge is 0.264 e. The van der Waals surface area contributed by atoms with E-state index in [9.17, 15) is 9.18 Å². The van der Waals surface area contributed by atoms with Crippen molar-refractivity contribution in [2.45, 2.75) is 0 Å². The Morgan fingerprint density at radius 1 is 1.36 bits per heavy atom. The maximum Gasteiger partial charge on any atom is 0.264 e. The van der Waals surface area contributed by atoms with Crippen molar-refractivity contribution in [1.82, 2.24) is 9.78 Å². The predicted molar refractivity (Wildman–Crippen MR) is 51.4 cm³/mol. The molecular weight excluding hydrogens is 207 g/mol. The van der Waals surface area contributed by atoms with E-state index in [-0.39, 0.29) is 10.6 Å². The molecule has 0 saturated heterocycles. The first kappa shape index (κ1) is 9.02. The molecule has 1 aromatic carbocycles. The second-order valence-corrected chi connectivity index (χ2v) is 3.16. The highest BCUT2D eigenvalue weighted by Gasteiger charge is 2.03. The third-order valence-corrected chi connectivity index (χ3v) is 2.08. The predicted octanol–water partition coefficient (Wildman–Crippen LogP) is 1.96. The van der Waals surface area contributed by atoms with Crippen LogP contribution >= 0.6 is 11.6 Å². The number of halogens is 2. The van der Waals surface area contributed by atoms with E-state index >= 15 is 0 Å². The van der Waals surface area contributed by atoms with Crippen molar-refractivity contribution in [1.29, 1.82) is 0 Å². The highest BCUT2D eigenvalue weighted by molar-refractivity contribution is 6.32. The summed E-state index contributed by atoms with van der Waals surface area (Å²) in [5.74, 6) is -0.409. The summed E-state index contributed by atoms with van der Waals surface area (Å²) in [5, 5.41) is 2.75. The van der Waals surface area contributed by atoms with Crippen molar-refractivity contribution < 1.29 is 4.39 Å². The van der Waals surface area contributed by atoms with Crippen LogP contribution in [0.1, 0.15) is 0 Å². The standard InChI is InChI=1S/C9H6ClFN2O/c10-7-5-6(11)1-2-8(7)13-4-3-9(14)12-13/h1-5H,(H,12,14). The monoisotopic (exact) mass is 212 g/mol. The van der Waals surface area contributed by atoms with Crippen molar-refractivity contribution in [2.75, 3.05) is 0 Å². The topological polar surface area (TPSA) is 37.8 Å². The van der Waals surface area contributed by atoms with Crippen molar-refractivity contribution >= 4 is 11.6 Å². The van der Waals surface area contributed by atoms with Gasteiger partial charge >= 0.3 is 0 Å². The van der Waals surface area contributed by atoms with Gasteiger partial charge in [-0.2, -0.15) is 0 Å². The van der Waals surface area contributed by atoms with Crippen LogP contribution in [-0.4, -0.2) is 9.78 Å². The molecular formula is C9H6ClFN2O. The van der Waals surface area contributed by atoms with Crippen LogP contribution in [-0.2, 0) is 0 Å². The van der Waals surface area contributed by atoms with Gasteiger partial charge in [0.25, 0.3) is 5.56 Å². The van der Waals surface area contributed by atoms with E-state index in [0.717, 1.165) is 0 Å². The molecule has 0 unspecified atom stereocenters. The number of aromatic nitrogens is 2. The van der Waals surface area contributed by atoms with E-state index in [0.29, 0.717) is 5.69 Å². The molecule has 1 N–H and O–H groups in total. The zero-order valence-electron chi connectivity index (χ0n) is 7.00. The molecule has 0 spiro atoms. The van der Waals surface area contributed by atoms with Crippen LogP contribution in [0.4, 0.5) is 4.39 Å². The summed E-state index contributed by atoms with van der Waals surface area (Å²) >= 11 is 5.79. The molecule has 0 atom stereocenters. The van der Waals surface area contributed by atoms with Gasteiger partial charge in [0.1, 0.15) is 5.82 Å². The number of aromatic amines is 1. The van der Waals surface area contributed by atoms with Gasteiger partial charge in [0.15, 0.2) is 0 Å². The lowest BCUT2D eigenvalue weighted by Crippen LogP contribution is -2.03. The van der Waals surface area contributed by atoms with Gasteiger partial charge < -0.3 is 0 Å². The Labute approximate surface area is 83.7 Å². The SMILES string of the molecule is O=c1ccn(-c2ccc(F)cc2Cl)[nH]1. The van der Waals surface area contributed by atoms with Crippen LogP contribution in [0.25, 0.3) is 5.69 Å². The number of hydrogen-bond acceptors (Lipinski definition) is 1. The fourth-order valence-corrected chi connectivity index (χ4v) is 1.41.